The van der Waals surface area contributed by atoms with Gasteiger partial charge < -0.3 is 0 Å². The predicted octanol–water partition coefficient (Wildman–Crippen LogP) is 1.25. The molecule has 0 aliphatic heterocycles. The molecule has 0 rings (SSSR count). The summed E-state index contributed by atoms with van der Waals surface area (Å²) in [4.78, 5) is 0. The second-order valence-electron chi connectivity index (χ2n) is 0.281. The molecule has 0 aromatic rings. The number of halogens is 1. The van der Waals surface area contributed by atoms with Gasteiger partial charge in [-0.15, -0.1) is 0 Å². The molecule has 4 nitrogen and oxygen atoms in total. The van der Waals surface area contributed by atoms with Crippen LogP contribution >= 0.6 is 19.4 Å². The van der Waals surface area contributed by atoms with E-state index in [0.29, 0.717) is 0 Å². The Morgan fingerprint density at radius 3 is 1.00 bits per heavy atom. The SMILES string of the molecule is C[C]#[Mo][I].[C-]#[O+].[C-]#[O+].[C-]#[O+].[C-]#[O+]. The van der Waals surface area contributed by atoms with Crippen LogP contribution in [0.15, 0.2) is 0 Å². The third kappa shape index (κ3) is 635. The molecule has 0 bridgehead atoms. The third-order valence-electron chi connectivity index (χ3n) is 0.0772. The molecule has 0 spiro atoms. The molecule has 0 saturated heterocycles. The molecule has 0 aliphatic carbocycles. The predicted molar refractivity (Wildman–Crippen MR) is 39.3 cm³/mol. The summed E-state index contributed by atoms with van der Waals surface area (Å²) in [6.45, 7) is 20.0. The minimum atomic E-state index is 0.202. The maximum absolute atomic E-state index is 7.50. The molecule has 0 fully saturated rings. The van der Waals surface area contributed by atoms with Crippen molar-refractivity contribution in [3.05, 3.63) is 26.6 Å². The Bertz CT molecular complexity index is 141. The second-order valence-corrected chi connectivity index (χ2v) is 4.27. The molecule has 0 amide bonds. The van der Waals surface area contributed by atoms with Crippen molar-refractivity contribution in [2.75, 3.05) is 0 Å². The maximum atomic E-state index is 7.50. The summed E-state index contributed by atoms with van der Waals surface area (Å²) in [7, 11) is 0. The molecule has 64 valence electrons. The Morgan fingerprint density at radius 2 is 1.00 bits per heavy atom. The van der Waals surface area contributed by atoms with Gasteiger partial charge in [0.25, 0.3) is 0 Å². The summed E-state index contributed by atoms with van der Waals surface area (Å²) in [5, 5.41) is 0. The van der Waals surface area contributed by atoms with Gasteiger partial charge in [0.05, 0.1) is 0 Å². The van der Waals surface area contributed by atoms with Crippen LogP contribution in [-0.4, -0.2) is 0 Å². The Morgan fingerprint density at radius 1 is 0.917 bits per heavy atom. The van der Waals surface area contributed by atoms with E-state index < -0.39 is 0 Å². The van der Waals surface area contributed by atoms with Gasteiger partial charge in [-0.2, -0.15) is 0 Å². The Kier molecular flexibility index (Phi) is 609. The first-order valence-corrected chi connectivity index (χ1v) is 8.65. The minimum absolute atomic E-state index is 0.202. The van der Waals surface area contributed by atoms with E-state index in [1.807, 2.05) is 6.92 Å². The van der Waals surface area contributed by atoms with Gasteiger partial charge in [0, 0.05) is 0 Å². The first kappa shape index (κ1) is 29.5. The molecule has 0 atom stereocenters. The monoisotopic (exact) mass is 364 g/mol. The molecule has 0 aliphatic rings. The average molecular weight is 362 g/mol. The van der Waals surface area contributed by atoms with Crippen LogP contribution in [0.5, 0.6) is 0 Å². The Balaban J connectivity index is -0.0000000181. The molecule has 0 unspecified atom stereocenters. The fourth-order valence-corrected chi connectivity index (χ4v) is 0. The third-order valence-corrected chi connectivity index (χ3v) is 3.06. The van der Waals surface area contributed by atoms with Crippen molar-refractivity contribution in [3.8, 4) is 4.20 Å². The molecule has 0 radical (unpaired) electrons. The number of hydrogen-bond donors (Lipinski definition) is 0. The van der Waals surface area contributed by atoms with Crippen LogP contribution in [0.1, 0.15) is 6.92 Å². The summed E-state index contributed by atoms with van der Waals surface area (Å²) >= 11 is 2.57. The van der Waals surface area contributed by atoms with Crippen molar-refractivity contribution in [3.63, 3.8) is 0 Å². The molecule has 0 N–H and O–H groups in total. The van der Waals surface area contributed by atoms with Crippen LogP contribution in [-0.2, 0) is 32.8 Å². The topological polar surface area (TPSA) is 79.6 Å². The quantitative estimate of drug-likeness (QED) is 0.269. The van der Waals surface area contributed by atoms with E-state index in [0.717, 1.165) is 0 Å². The fraction of sp³-hybridized carbons (Fsp3) is 0.167. The van der Waals surface area contributed by atoms with E-state index in [2.05, 4.69) is 50.2 Å². The molecule has 6 heteroatoms. The summed E-state index contributed by atoms with van der Waals surface area (Å²) < 4.78 is 33.0. The van der Waals surface area contributed by atoms with Gasteiger partial charge in [-0.1, -0.05) is 0 Å². The number of rotatable bonds is 0. The van der Waals surface area contributed by atoms with Gasteiger partial charge in [-0.25, -0.2) is 0 Å². The molecular weight excluding hydrogens is 359 g/mol. The van der Waals surface area contributed by atoms with Crippen molar-refractivity contribution in [2.24, 2.45) is 0 Å². The summed E-state index contributed by atoms with van der Waals surface area (Å²) in [6.07, 6.45) is 0. The van der Waals surface area contributed by atoms with Crippen molar-refractivity contribution in [1.29, 1.82) is 0 Å². The molecular formula is C6H3IMoO4. The normalized spacial score (nSPS) is 2.17. The first-order chi connectivity index (χ1) is 5.91. The van der Waals surface area contributed by atoms with E-state index in [-0.39, 0.29) is 14.2 Å². The van der Waals surface area contributed by atoms with Gasteiger partial charge in [0.2, 0.25) is 0 Å². The van der Waals surface area contributed by atoms with Crippen LogP contribution in [0.2, 0.25) is 0 Å². The van der Waals surface area contributed by atoms with Gasteiger partial charge in [0.1, 0.15) is 0 Å². The Hall–Kier alpha value is 0.158. The number of hydrogen-bond acceptors (Lipinski definition) is 0. The molecule has 12 heavy (non-hydrogen) atoms. The van der Waals surface area contributed by atoms with E-state index >= 15 is 0 Å². The Labute approximate surface area is 89.5 Å². The van der Waals surface area contributed by atoms with E-state index in [4.69, 9.17) is 18.6 Å². The van der Waals surface area contributed by atoms with Crippen LogP contribution in [0.3, 0.4) is 0 Å². The first-order valence-electron chi connectivity index (χ1n) is 1.67. The zero-order valence-corrected chi connectivity index (χ0v) is 10.1. The second kappa shape index (κ2) is 247. The summed E-state index contributed by atoms with van der Waals surface area (Å²) in [6, 6.07) is 0. The molecule has 0 aromatic carbocycles. The summed E-state index contributed by atoms with van der Waals surface area (Å²) in [5.74, 6) is 0. The van der Waals surface area contributed by atoms with Gasteiger partial charge >= 0.3 is 89.9 Å². The zero-order valence-electron chi connectivity index (χ0n) is 5.92. The zero-order chi connectivity index (χ0) is 11.4. The van der Waals surface area contributed by atoms with Gasteiger partial charge in [-0.3, -0.25) is 0 Å². The van der Waals surface area contributed by atoms with Crippen LogP contribution in [0.25, 0.3) is 0 Å². The standard InChI is InChI=1S/C2H3.4CO.HI.Mo/c5*1-2;;/h1H3;;;;;1H;/q;;;;;;+1/p-1. The van der Waals surface area contributed by atoms with Crippen molar-refractivity contribution in [1.82, 2.24) is 0 Å². The van der Waals surface area contributed by atoms with Crippen molar-refractivity contribution >= 4 is 19.4 Å². The van der Waals surface area contributed by atoms with Crippen LogP contribution < -0.4 is 0 Å². The van der Waals surface area contributed by atoms with Crippen LogP contribution in [0.4, 0.5) is 0 Å². The van der Waals surface area contributed by atoms with Gasteiger partial charge in [0.15, 0.2) is 0 Å². The molecule has 0 aromatic heterocycles. The van der Waals surface area contributed by atoms with Crippen LogP contribution in [0, 0.1) is 30.8 Å². The van der Waals surface area contributed by atoms with E-state index in [1.54, 1.807) is 0 Å². The fourth-order valence-electron chi connectivity index (χ4n) is 0. The van der Waals surface area contributed by atoms with E-state index in [1.165, 1.54) is 0 Å². The summed E-state index contributed by atoms with van der Waals surface area (Å²) in [5.41, 5.74) is 0. The molecule has 0 heterocycles. The van der Waals surface area contributed by atoms with Crippen molar-refractivity contribution < 1.29 is 32.8 Å². The van der Waals surface area contributed by atoms with Gasteiger partial charge in [-0.05, 0) is 0 Å². The van der Waals surface area contributed by atoms with E-state index in [9.17, 15) is 0 Å². The molecule has 0 saturated carbocycles. The average Bonchev–Trinajstić information content (AvgIpc) is 2.29. The van der Waals surface area contributed by atoms with Crippen molar-refractivity contribution in [2.45, 2.75) is 6.92 Å².